The Morgan fingerprint density at radius 1 is 0.947 bits per heavy atom. The van der Waals surface area contributed by atoms with Crippen LogP contribution >= 0.6 is 0 Å². The summed E-state index contributed by atoms with van der Waals surface area (Å²) in [7, 11) is -1.89. The molecule has 0 aromatic carbocycles. The molecule has 0 spiro atoms. The first kappa shape index (κ1) is 18.6. The number of esters is 1. The van der Waals surface area contributed by atoms with Crippen LogP contribution in [0.15, 0.2) is 0 Å². The average molecular weight is 289 g/mol. The highest BCUT2D eigenvalue weighted by atomic mass is 28.4. The molecule has 0 saturated carbocycles. The number of ether oxygens (including phenoxy) is 1. The van der Waals surface area contributed by atoms with Crippen molar-refractivity contribution < 1.29 is 14.0 Å². The van der Waals surface area contributed by atoms with Gasteiger partial charge in [-0.05, 0) is 30.5 Å². The van der Waals surface area contributed by atoms with E-state index in [0.29, 0.717) is 29.7 Å². The van der Waals surface area contributed by atoms with Crippen molar-refractivity contribution in [1.29, 1.82) is 0 Å². The van der Waals surface area contributed by atoms with E-state index in [2.05, 4.69) is 41.5 Å². The Balaban J connectivity index is 4.87. The number of hydrogen-bond acceptors (Lipinski definition) is 3. The van der Waals surface area contributed by atoms with E-state index in [4.69, 9.17) is 9.16 Å². The summed E-state index contributed by atoms with van der Waals surface area (Å²) >= 11 is 0. The molecular weight excluding hydrogens is 256 g/mol. The van der Waals surface area contributed by atoms with Crippen LogP contribution in [0.1, 0.15) is 61.8 Å². The molecule has 0 aliphatic heterocycles. The van der Waals surface area contributed by atoms with Gasteiger partial charge in [0, 0.05) is 0 Å². The van der Waals surface area contributed by atoms with Gasteiger partial charge in [-0.15, -0.1) is 0 Å². The molecule has 3 nitrogen and oxygen atoms in total. The lowest BCUT2D eigenvalue weighted by Crippen LogP contribution is -2.50. The molecule has 19 heavy (non-hydrogen) atoms. The topological polar surface area (TPSA) is 35.5 Å². The second kappa shape index (κ2) is 8.05. The van der Waals surface area contributed by atoms with Gasteiger partial charge in [0.05, 0.1) is 19.1 Å². The van der Waals surface area contributed by atoms with Crippen molar-refractivity contribution in [2.45, 2.75) is 84.5 Å². The maximum atomic E-state index is 11.6. The molecule has 0 N–H and O–H groups in total. The van der Waals surface area contributed by atoms with E-state index < -0.39 is 8.32 Å². The number of rotatable bonds is 8. The maximum Gasteiger partial charge on any atom is 0.308 e. The number of carbonyl (C=O) groups is 1. The quantitative estimate of drug-likeness (QED) is 0.486. The third-order valence-electron chi connectivity index (χ3n) is 3.87. The standard InChI is InChI=1S/C15H32O3Si/c1-9-17-15(16)10-14(8)18-19(11(2)3,12(4)5)13(6)7/h11-14H,9-10H2,1-8H3/t14-/m1/s1. The number of hydrogen-bond donors (Lipinski definition) is 0. The molecule has 0 aliphatic carbocycles. The Kier molecular flexibility index (Phi) is 7.90. The van der Waals surface area contributed by atoms with Gasteiger partial charge in [-0.3, -0.25) is 4.79 Å². The predicted molar refractivity (Wildman–Crippen MR) is 82.8 cm³/mol. The van der Waals surface area contributed by atoms with Crippen LogP contribution < -0.4 is 0 Å². The van der Waals surface area contributed by atoms with Gasteiger partial charge in [0.25, 0.3) is 0 Å². The molecule has 0 aromatic rings. The van der Waals surface area contributed by atoms with Crippen LogP contribution in [0, 0.1) is 0 Å². The van der Waals surface area contributed by atoms with Crippen molar-refractivity contribution in [3.63, 3.8) is 0 Å². The second-order valence-corrected chi connectivity index (χ2v) is 11.7. The second-order valence-electron chi connectivity index (χ2n) is 6.26. The van der Waals surface area contributed by atoms with Gasteiger partial charge in [0.1, 0.15) is 0 Å². The predicted octanol–water partition coefficient (Wildman–Crippen LogP) is 4.52. The fraction of sp³-hybridized carbons (Fsp3) is 0.933. The van der Waals surface area contributed by atoms with Crippen molar-refractivity contribution in [3.8, 4) is 0 Å². The lowest BCUT2D eigenvalue weighted by atomic mass is 10.3. The zero-order chi connectivity index (χ0) is 15.2. The summed E-state index contributed by atoms with van der Waals surface area (Å²) in [5.74, 6) is -0.158. The molecule has 0 bridgehead atoms. The van der Waals surface area contributed by atoms with Gasteiger partial charge < -0.3 is 9.16 Å². The molecule has 0 heterocycles. The van der Waals surface area contributed by atoms with Crippen LogP contribution in [-0.4, -0.2) is 27.0 Å². The molecular formula is C15H32O3Si. The van der Waals surface area contributed by atoms with Crippen LogP contribution in [0.4, 0.5) is 0 Å². The van der Waals surface area contributed by atoms with E-state index in [0.717, 1.165) is 0 Å². The Morgan fingerprint density at radius 3 is 1.68 bits per heavy atom. The molecule has 4 heteroatoms. The van der Waals surface area contributed by atoms with Crippen LogP contribution in [0.25, 0.3) is 0 Å². The summed E-state index contributed by atoms with van der Waals surface area (Å²) in [5, 5.41) is 0. The van der Waals surface area contributed by atoms with E-state index in [1.54, 1.807) is 0 Å². The van der Waals surface area contributed by atoms with E-state index >= 15 is 0 Å². The first-order valence-corrected chi connectivity index (χ1v) is 9.65. The van der Waals surface area contributed by atoms with E-state index in [1.165, 1.54) is 0 Å². The smallest absolute Gasteiger partial charge is 0.308 e. The first-order chi connectivity index (χ1) is 8.68. The SMILES string of the molecule is CCOC(=O)C[C@@H](C)O[Si](C(C)C)(C(C)C)C(C)C. The summed E-state index contributed by atoms with van der Waals surface area (Å²) in [5.41, 5.74) is 1.62. The minimum Gasteiger partial charge on any atom is -0.466 e. The van der Waals surface area contributed by atoms with Crippen molar-refractivity contribution >= 4 is 14.3 Å². The van der Waals surface area contributed by atoms with Crippen molar-refractivity contribution in [1.82, 2.24) is 0 Å². The van der Waals surface area contributed by atoms with Gasteiger partial charge in [-0.1, -0.05) is 41.5 Å². The lowest BCUT2D eigenvalue weighted by Gasteiger charge is -2.44. The third kappa shape index (κ3) is 4.92. The Bertz CT molecular complexity index is 253. The minimum atomic E-state index is -1.89. The van der Waals surface area contributed by atoms with E-state index in [1.807, 2.05) is 13.8 Å². The Labute approximate surface area is 120 Å². The van der Waals surface area contributed by atoms with Crippen LogP contribution in [0.5, 0.6) is 0 Å². The fourth-order valence-corrected chi connectivity index (χ4v) is 8.85. The highest BCUT2D eigenvalue weighted by Gasteiger charge is 2.46. The molecule has 0 unspecified atom stereocenters. The molecule has 114 valence electrons. The highest BCUT2D eigenvalue weighted by molar-refractivity contribution is 6.77. The van der Waals surface area contributed by atoms with Gasteiger partial charge in [-0.2, -0.15) is 0 Å². The first-order valence-electron chi connectivity index (χ1n) is 7.51. The minimum absolute atomic E-state index is 0.0575. The van der Waals surface area contributed by atoms with E-state index in [9.17, 15) is 4.79 Å². The van der Waals surface area contributed by atoms with Crippen molar-refractivity contribution in [2.24, 2.45) is 0 Å². The molecule has 0 radical (unpaired) electrons. The fourth-order valence-electron chi connectivity index (χ4n) is 3.25. The molecule has 1 atom stereocenters. The van der Waals surface area contributed by atoms with Crippen molar-refractivity contribution in [2.75, 3.05) is 6.61 Å². The summed E-state index contributed by atoms with van der Waals surface area (Å²) in [6.07, 6.45) is 0.298. The normalized spacial score (nSPS) is 14.3. The zero-order valence-corrected chi connectivity index (χ0v) is 14.9. The van der Waals surface area contributed by atoms with Crippen LogP contribution in [-0.2, 0) is 14.0 Å². The van der Waals surface area contributed by atoms with Gasteiger partial charge in [0.2, 0.25) is 8.32 Å². The largest absolute Gasteiger partial charge is 0.466 e. The molecule has 0 rings (SSSR count). The maximum absolute atomic E-state index is 11.6. The molecule has 0 fully saturated rings. The monoisotopic (exact) mass is 288 g/mol. The number of carbonyl (C=O) groups excluding carboxylic acids is 1. The summed E-state index contributed by atoms with van der Waals surface area (Å²) in [4.78, 5) is 11.6. The lowest BCUT2D eigenvalue weighted by molar-refractivity contribution is -0.144. The van der Waals surface area contributed by atoms with Crippen LogP contribution in [0.2, 0.25) is 16.6 Å². The van der Waals surface area contributed by atoms with Crippen molar-refractivity contribution in [3.05, 3.63) is 0 Å². The van der Waals surface area contributed by atoms with E-state index in [-0.39, 0.29) is 12.1 Å². The third-order valence-corrected chi connectivity index (χ3v) is 10.1. The average Bonchev–Trinajstić information content (AvgIpc) is 2.24. The summed E-state index contributed by atoms with van der Waals surface area (Å²) in [6.45, 7) is 17.8. The Morgan fingerprint density at radius 2 is 1.37 bits per heavy atom. The highest BCUT2D eigenvalue weighted by Crippen LogP contribution is 2.43. The Hall–Kier alpha value is -0.353. The summed E-state index contributed by atoms with van der Waals surface area (Å²) < 4.78 is 11.5. The molecule has 0 amide bonds. The molecule has 0 aromatic heterocycles. The zero-order valence-electron chi connectivity index (χ0n) is 13.9. The van der Waals surface area contributed by atoms with Gasteiger partial charge >= 0.3 is 5.97 Å². The summed E-state index contributed by atoms with van der Waals surface area (Å²) in [6, 6.07) is 0. The van der Waals surface area contributed by atoms with Gasteiger partial charge in [0.15, 0.2) is 0 Å². The van der Waals surface area contributed by atoms with Crippen LogP contribution in [0.3, 0.4) is 0 Å². The van der Waals surface area contributed by atoms with Gasteiger partial charge in [-0.25, -0.2) is 0 Å². The molecule has 0 aliphatic rings. The molecule has 0 saturated heterocycles.